The molecule has 0 unspecified atom stereocenters. The Kier molecular flexibility index (Phi) is 4.42. The Hall–Kier alpha value is -1.04. The van der Waals surface area contributed by atoms with Crippen molar-refractivity contribution in [3.63, 3.8) is 0 Å². The molecule has 2 N–H and O–H groups in total. The van der Waals surface area contributed by atoms with Crippen molar-refractivity contribution in [3.8, 4) is 0 Å². The number of hydrogen-bond donors (Lipinski definition) is 1. The van der Waals surface area contributed by atoms with Crippen molar-refractivity contribution >= 4 is 40.7 Å². The molecule has 0 fully saturated rings. The van der Waals surface area contributed by atoms with E-state index in [0.29, 0.717) is 19.8 Å². The zero-order valence-electron chi connectivity index (χ0n) is 9.84. The van der Waals surface area contributed by atoms with E-state index in [1.54, 1.807) is 18.2 Å². The second-order valence-corrected chi connectivity index (χ2v) is 5.88. The van der Waals surface area contributed by atoms with Gasteiger partial charge >= 0.3 is 6.18 Å². The van der Waals surface area contributed by atoms with E-state index in [1.165, 1.54) is 12.1 Å². The molecule has 0 heterocycles. The van der Waals surface area contributed by atoms with Crippen molar-refractivity contribution < 1.29 is 13.2 Å². The molecule has 20 heavy (non-hydrogen) atoms. The summed E-state index contributed by atoms with van der Waals surface area (Å²) in [6.07, 6.45) is -4.49. The van der Waals surface area contributed by atoms with E-state index in [1.807, 2.05) is 0 Å². The van der Waals surface area contributed by atoms with Gasteiger partial charge in [0.1, 0.15) is 0 Å². The van der Waals surface area contributed by atoms with E-state index in [9.17, 15) is 13.2 Å². The van der Waals surface area contributed by atoms with Crippen LogP contribution < -0.4 is 5.73 Å². The summed E-state index contributed by atoms with van der Waals surface area (Å²) in [4.78, 5) is 0.966. The van der Waals surface area contributed by atoms with E-state index in [-0.39, 0.29) is 5.69 Å². The number of rotatable bonds is 2. The van der Waals surface area contributed by atoms with Crippen LogP contribution in [-0.4, -0.2) is 0 Å². The Morgan fingerprint density at radius 1 is 1.00 bits per heavy atom. The third kappa shape index (κ3) is 3.53. The van der Waals surface area contributed by atoms with Crippen LogP contribution in [0.25, 0.3) is 0 Å². The lowest BCUT2D eigenvalue weighted by Crippen LogP contribution is -2.08. The summed E-state index contributed by atoms with van der Waals surface area (Å²) < 4.78 is 38.3. The summed E-state index contributed by atoms with van der Waals surface area (Å²) in [5, 5.41) is 0.883. The number of nitrogen functional groups attached to an aromatic ring is 1. The van der Waals surface area contributed by atoms with Crippen molar-refractivity contribution in [2.75, 3.05) is 5.73 Å². The molecule has 0 aliphatic carbocycles. The molecule has 106 valence electrons. The molecule has 0 aliphatic rings. The Morgan fingerprint density at radius 3 is 2.35 bits per heavy atom. The van der Waals surface area contributed by atoms with E-state index in [2.05, 4.69) is 0 Å². The van der Waals surface area contributed by atoms with Gasteiger partial charge in [0.05, 0.1) is 10.6 Å². The molecule has 2 aromatic carbocycles. The first-order valence-corrected chi connectivity index (χ1v) is 6.94. The van der Waals surface area contributed by atoms with Crippen LogP contribution in [0.4, 0.5) is 18.9 Å². The zero-order valence-corrected chi connectivity index (χ0v) is 12.2. The minimum absolute atomic E-state index is 0.306. The van der Waals surface area contributed by atoms with Crippen molar-refractivity contribution in [1.82, 2.24) is 0 Å². The number of benzene rings is 2. The van der Waals surface area contributed by atoms with E-state index >= 15 is 0 Å². The number of anilines is 1. The molecule has 1 nitrogen and oxygen atoms in total. The highest BCUT2D eigenvalue weighted by Gasteiger charge is 2.33. The Morgan fingerprint density at radius 2 is 1.70 bits per heavy atom. The predicted octanol–water partition coefficient (Wildman–Crippen LogP) is 5.75. The first kappa shape index (κ1) is 15.4. The molecular formula is C13H8Cl2F3NS. The maximum Gasteiger partial charge on any atom is 0.418 e. The molecule has 0 atom stereocenters. The maximum absolute atomic E-state index is 12.8. The lowest BCUT2D eigenvalue weighted by atomic mass is 10.2. The lowest BCUT2D eigenvalue weighted by molar-refractivity contribution is -0.137. The first-order chi connectivity index (χ1) is 9.27. The molecule has 7 heteroatoms. The predicted molar refractivity (Wildman–Crippen MR) is 76.4 cm³/mol. The molecule has 2 rings (SSSR count). The van der Waals surface area contributed by atoms with Crippen LogP contribution >= 0.6 is 35.0 Å². The van der Waals surface area contributed by atoms with Crippen LogP contribution in [0.15, 0.2) is 46.2 Å². The van der Waals surface area contributed by atoms with Crippen LogP contribution in [0.5, 0.6) is 0 Å². The lowest BCUT2D eigenvalue weighted by Gasteiger charge is -2.12. The largest absolute Gasteiger partial charge is 0.418 e. The third-order valence-electron chi connectivity index (χ3n) is 2.45. The second-order valence-electron chi connectivity index (χ2n) is 3.92. The summed E-state index contributed by atoms with van der Waals surface area (Å²) in [7, 11) is 0. The third-order valence-corrected chi connectivity index (χ3v) is 4.18. The van der Waals surface area contributed by atoms with Crippen LogP contribution in [0, 0.1) is 0 Å². The molecule has 0 aromatic heterocycles. The molecule has 2 aromatic rings. The Balaban J connectivity index is 2.37. The molecule has 0 bridgehead atoms. The fraction of sp³-hybridized carbons (Fsp3) is 0.0769. The van der Waals surface area contributed by atoms with Crippen molar-refractivity contribution in [1.29, 1.82) is 0 Å². The summed E-state index contributed by atoms with van der Waals surface area (Å²) in [6.45, 7) is 0. The SMILES string of the molecule is Nc1ccc(Sc2cc(Cl)ccc2Cl)cc1C(F)(F)F. The molecule has 0 saturated carbocycles. The van der Waals surface area contributed by atoms with Gasteiger partial charge in [-0.1, -0.05) is 35.0 Å². The highest BCUT2D eigenvalue weighted by molar-refractivity contribution is 7.99. The van der Waals surface area contributed by atoms with Gasteiger partial charge in [0.2, 0.25) is 0 Å². The summed E-state index contributed by atoms with van der Waals surface area (Å²) in [5.74, 6) is 0. The van der Waals surface area contributed by atoms with Gasteiger partial charge in [0, 0.05) is 20.5 Å². The van der Waals surface area contributed by atoms with Gasteiger partial charge in [-0.05, 0) is 36.4 Å². The van der Waals surface area contributed by atoms with Gasteiger partial charge in [0.15, 0.2) is 0 Å². The summed E-state index contributed by atoms with van der Waals surface area (Å²) in [5.41, 5.74) is 4.18. The van der Waals surface area contributed by atoms with Gasteiger partial charge in [-0.25, -0.2) is 0 Å². The molecule has 0 radical (unpaired) electrons. The fourth-order valence-electron chi connectivity index (χ4n) is 1.53. The van der Waals surface area contributed by atoms with Crippen molar-refractivity contribution in [3.05, 3.63) is 52.0 Å². The monoisotopic (exact) mass is 337 g/mol. The highest BCUT2D eigenvalue weighted by atomic mass is 35.5. The first-order valence-electron chi connectivity index (χ1n) is 5.37. The standard InChI is InChI=1S/C13H8Cl2F3NS/c14-7-1-3-10(15)12(5-7)20-8-2-4-11(19)9(6-8)13(16,17)18/h1-6H,19H2. The van der Waals surface area contributed by atoms with Crippen LogP contribution in [0.2, 0.25) is 10.0 Å². The Bertz CT molecular complexity index is 644. The summed E-state index contributed by atoms with van der Waals surface area (Å²) >= 11 is 12.9. The number of nitrogens with two attached hydrogens (primary N) is 1. The van der Waals surface area contributed by atoms with Gasteiger partial charge in [-0.2, -0.15) is 13.2 Å². The van der Waals surface area contributed by atoms with Gasteiger partial charge < -0.3 is 5.73 Å². The quantitative estimate of drug-likeness (QED) is 0.706. The van der Waals surface area contributed by atoms with Crippen LogP contribution in [-0.2, 0) is 6.18 Å². The topological polar surface area (TPSA) is 26.0 Å². The average Bonchev–Trinajstić information content (AvgIpc) is 2.35. The van der Waals surface area contributed by atoms with Crippen molar-refractivity contribution in [2.24, 2.45) is 0 Å². The van der Waals surface area contributed by atoms with Crippen molar-refractivity contribution in [2.45, 2.75) is 16.0 Å². The van der Waals surface area contributed by atoms with Gasteiger partial charge in [0.25, 0.3) is 0 Å². The van der Waals surface area contributed by atoms with E-state index in [0.717, 1.165) is 17.8 Å². The van der Waals surface area contributed by atoms with Gasteiger partial charge in [-0.15, -0.1) is 0 Å². The minimum Gasteiger partial charge on any atom is -0.398 e. The normalized spacial score (nSPS) is 11.7. The Labute approximate surface area is 127 Å². The second kappa shape index (κ2) is 5.76. The van der Waals surface area contributed by atoms with E-state index in [4.69, 9.17) is 28.9 Å². The van der Waals surface area contributed by atoms with Gasteiger partial charge in [-0.3, -0.25) is 0 Å². The summed E-state index contributed by atoms with van der Waals surface area (Å²) in [6, 6.07) is 8.53. The molecule has 0 saturated heterocycles. The number of hydrogen-bond acceptors (Lipinski definition) is 2. The highest BCUT2D eigenvalue weighted by Crippen LogP contribution is 2.39. The molecule has 0 spiro atoms. The number of halogens is 5. The maximum atomic E-state index is 12.8. The average molecular weight is 338 g/mol. The smallest absolute Gasteiger partial charge is 0.398 e. The number of alkyl halides is 3. The van der Waals surface area contributed by atoms with Crippen LogP contribution in [0.3, 0.4) is 0 Å². The minimum atomic E-state index is -4.49. The molecule has 0 amide bonds. The van der Waals surface area contributed by atoms with Crippen LogP contribution in [0.1, 0.15) is 5.56 Å². The van der Waals surface area contributed by atoms with E-state index < -0.39 is 11.7 Å². The molecule has 0 aliphatic heterocycles. The zero-order chi connectivity index (χ0) is 14.9. The molecular weight excluding hydrogens is 330 g/mol. The fourth-order valence-corrected chi connectivity index (χ4v) is 2.92.